The molecule has 37 heavy (non-hydrogen) atoms. The van der Waals surface area contributed by atoms with Gasteiger partial charge in [-0.25, -0.2) is 4.79 Å². The molecule has 2 unspecified atom stereocenters. The van der Waals surface area contributed by atoms with Crippen molar-refractivity contribution in [2.75, 3.05) is 13.2 Å². The summed E-state index contributed by atoms with van der Waals surface area (Å²) in [6.07, 6.45) is -9.87. The topological polar surface area (TPSA) is 128 Å². The van der Waals surface area contributed by atoms with Crippen LogP contribution in [0.15, 0.2) is 18.2 Å². The molecule has 0 fully saturated rings. The van der Waals surface area contributed by atoms with E-state index < -0.39 is 71.3 Å². The van der Waals surface area contributed by atoms with Gasteiger partial charge in [-0.3, -0.25) is 14.4 Å². The van der Waals surface area contributed by atoms with Gasteiger partial charge in [-0.2, -0.15) is 26.3 Å². The Labute approximate surface area is 209 Å². The Morgan fingerprint density at radius 3 is 1.92 bits per heavy atom. The van der Waals surface area contributed by atoms with Gasteiger partial charge in [0.15, 0.2) is 12.4 Å². The lowest BCUT2D eigenvalue weighted by Gasteiger charge is -2.25. The molecule has 2 atom stereocenters. The van der Waals surface area contributed by atoms with Gasteiger partial charge in [0.1, 0.15) is 6.04 Å². The van der Waals surface area contributed by atoms with Crippen LogP contribution < -0.4 is 16.4 Å². The molecule has 0 bridgehead atoms. The molecule has 2 amide bonds. The Morgan fingerprint density at radius 1 is 0.946 bits per heavy atom. The zero-order chi connectivity index (χ0) is 28.6. The summed E-state index contributed by atoms with van der Waals surface area (Å²) in [6, 6.07) is -1.26. The number of ketones is 1. The lowest BCUT2D eigenvalue weighted by atomic mass is 9.99. The van der Waals surface area contributed by atoms with Crippen molar-refractivity contribution >= 4 is 23.6 Å². The fraction of sp³-hybridized carbons (Fsp3) is 0.565. The second-order valence-corrected chi connectivity index (χ2v) is 8.53. The van der Waals surface area contributed by atoms with Gasteiger partial charge in [0.05, 0.1) is 22.7 Å². The fourth-order valence-electron chi connectivity index (χ4n) is 3.38. The van der Waals surface area contributed by atoms with Crippen LogP contribution in [-0.4, -0.2) is 48.8 Å². The van der Waals surface area contributed by atoms with E-state index in [1.54, 1.807) is 13.8 Å². The van der Waals surface area contributed by atoms with Crippen LogP contribution in [0.5, 0.6) is 0 Å². The Kier molecular flexibility index (Phi) is 11.5. The number of ether oxygens (including phenoxy) is 1. The number of unbranched alkanes of at least 4 members (excludes halogenated alkanes) is 1. The first-order valence-corrected chi connectivity index (χ1v) is 11.2. The number of nitrogens with two attached hydrogens (primary N) is 1. The second kappa shape index (κ2) is 13.4. The SMILES string of the molecule is CC(=O)NC(C(=O)NC(CCCCN)C(=O)COC(=O)c1c(C(F)(F)F)cccc1C(F)(F)F)C(C)C. The normalized spacial score (nSPS) is 13.6. The van der Waals surface area contributed by atoms with Crippen molar-refractivity contribution in [2.24, 2.45) is 11.7 Å². The van der Waals surface area contributed by atoms with Crippen molar-refractivity contribution in [1.29, 1.82) is 0 Å². The molecule has 8 nitrogen and oxygen atoms in total. The van der Waals surface area contributed by atoms with E-state index in [0.717, 1.165) is 0 Å². The molecule has 0 radical (unpaired) electrons. The van der Waals surface area contributed by atoms with Crippen LogP contribution in [0.2, 0.25) is 0 Å². The molecule has 0 aliphatic carbocycles. The molecule has 0 heterocycles. The number of carbonyl (C=O) groups is 4. The number of benzene rings is 1. The highest BCUT2D eigenvalue weighted by Crippen LogP contribution is 2.39. The predicted molar refractivity (Wildman–Crippen MR) is 119 cm³/mol. The fourth-order valence-corrected chi connectivity index (χ4v) is 3.38. The van der Waals surface area contributed by atoms with Crippen LogP contribution >= 0.6 is 0 Å². The smallest absolute Gasteiger partial charge is 0.417 e. The van der Waals surface area contributed by atoms with Crippen LogP contribution in [0, 0.1) is 5.92 Å². The molecule has 0 aliphatic heterocycles. The number of Topliss-reactive ketones (excluding diaryl/α,β-unsaturated/α-hetero) is 1. The quantitative estimate of drug-likeness (QED) is 0.212. The number of alkyl halides is 6. The van der Waals surface area contributed by atoms with Gasteiger partial charge in [0, 0.05) is 6.92 Å². The summed E-state index contributed by atoms with van der Waals surface area (Å²) < 4.78 is 84.5. The third-order valence-corrected chi connectivity index (χ3v) is 5.18. The Balaban J connectivity index is 3.16. The maximum absolute atomic E-state index is 13.3. The van der Waals surface area contributed by atoms with E-state index in [2.05, 4.69) is 15.4 Å². The zero-order valence-electron chi connectivity index (χ0n) is 20.4. The van der Waals surface area contributed by atoms with Gasteiger partial charge in [0.2, 0.25) is 11.8 Å². The van der Waals surface area contributed by atoms with Crippen molar-refractivity contribution in [1.82, 2.24) is 10.6 Å². The number of hydrogen-bond acceptors (Lipinski definition) is 6. The van der Waals surface area contributed by atoms with Gasteiger partial charge in [-0.05, 0) is 43.9 Å². The number of rotatable bonds is 12. The maximum Gasteiger partial charge on any atom is 0.417 e. The largest absolute Gasteiger partial charge is 0.454 e. The van der Waals surface area contributed by atoms with E-state index in [-0.39, 0.29) is 31.0 Å². The van der Waals surface area contributed by atoms with E-state index in [4.69, 9.17) is 5.73 Å². The van der Waals surface area contributed by atoms with Crippen molar-refractivity contribution in [3.63, 3.8) is 0 Å². The average molecular weight is 541 g/mol. The summed E-state index contributed by atoms with van der Waals surface area (Å²) in [4.78, 5) is 49.2. The average Bonchev–Trinajstić information content (AvgIpc) is 2.78. The van der Waals surface area contributed by atoms with Gasteiger partial charge in [-0.1, -0.05) is 19.9 Å². The summed E-state index contributed by atoms with van der Waals surface area (Å²) in [5.74, 6) is -4.62. The molecule has 1 aromatic rings. The zero-order valence-corrected chi connectivity index (χ0v) is 20.4. The Hall–Kier alpha value is -3.16. The molecule has 1 rings (SSSR count). The molecular formula is C23H29F6N3O5. The van der Waals surface area contributed by atoms with Crippen molar-refractivity contribution in [3.05, 3.63) is 34.9 Å². The van der Waals surface area contributed by atoms with Crippen LogP contribution in [0.1, 0.15) is 61.5 Å². The van der Waals surface area contributed by atoms with E-state index in [0.29, 0.717) is 18.9 Å². The summed E-state index contributed by atoms with van der Waals surface area (Å²) in [5.41, 5.74) is -0.0954. The molecule has 208 valence electrons. The van der Waals surface area contributed by atoms with E-state index >= 15 is 0 Å². The summed E-state index contributed by atoms with van der Waals surface area (Å²) in [7, 11) is 0. The first kappa shape index (κ1) is 31.9. The number of hydrogen-bond donors (Lipinski definition) is 3. The van der Waals surface area contributed by atoms with Crippen LogP contribution in [0.25, 0.3) is 0 Å². The molecule has 0 aromatic heterocycles. The summed E-state index contributed by atoms with van der Waals surface area (Å²) >= 11 is 0. The molecule has 1 aromatic carbocycles. The predicted octanol–water partition coefficient (Wildman–Crippen LogP) is 3.22. The highest BCUT2D eigenvalue weighted by molar-refractivity contribution is 5.97. The van der Waals surface area contributed by atoms with Crippen LogP contribution in [0.3, 0.4) is 0 Å². The number of amides is 2. The highest BCUT2D eigenvalue weighted by Gasteiger charge is 2.43. The third kappa shape index (κ3) is 9.67. The standard InChI is InChI=1S/C23H29F6N3O5/c1-12(2)19(31-13(3)33)20(35)32-16(9-4-5-10-30)17(34)11-37-21(36)18-14(22(24,25)26)7-6-8-15(18)23(27,28)29/h6-8,12,16,19H,4-5,9-11,30H2,1-3H3,(H,31,33)(H,32,35). The molecule has 0 saturated heterocycles. The lowest BCUT2D eigenvalue weighted by Crippen LogP contribution is -2.53. The first-order valence-electron chi connectivity index (χ1n) is 11.2. The monoisotopic (exact) mass is 541 g/mol. The van der Waals surface area contributed by atoms with Gasteiger partial charge in [-0.15, -0.1) is 0 Å². The molecule has 0 spiro atoms. The number of halogens is 6. The first-order chi connectivity index (χ1) is 17.0. The molecule has 0 aliphatic rings. The minimum Gasteiger partial charge on any atom is -0.454 e. The Morgan fingerprint density at radius 2 is 1.49 bits per heavy atom. The number of nitrogens with one attached hydrogen (secondary N) is 2. The van der Waals surface area contributed by atoms with Gasteiger partial charge in [0.25, 0.3) is 0 Å². The highest BCUT2D eigenvalue weighted by atomic mass is 19.4. The van der Waals surface area contributed by atoms with Crippen molar-refractivity contribution < 1.29 is 50.3 Å². The van der Waals surface area contributed by atoms with E-state index in [1.807, 2.05) is 0 Å². The second-order valence-electron chi connectivity index (χ2n) is 8.53. The summed E-state index contributed by atoms with van der Waals surface area (Å²) in [6.45, 7) is 3.48. The maximum atomic E-state index is 13.3. The number of carbonyl (C=O) groups excluding carboxylic acids is 4. The van der Waals surface area contributed by atoms with E-state index in [1.165, 1.54) is 6.92 Å². The minimum atomic E-state index is -5.31. The van der Waals surface area contributed by atoms with E-state index in [9.17, 15) is 45.5 Å². The van der Waals surface area contributed by atoms with Gasteiger partial charge >= 0.3 is 18.3 Å². The molecule has 4 N–H and O–H groups in total. The minimum absolute atomic E-state index is 0.00283. The van der Waals surface area contributed by atoms with Gasteiger partial charge < -0.3 is 21.1 Å². The summed E-state index contributed by atoms with van der Waals surface area (Å²) in [5, 5.41) is 4.82. The van der Waals surface area contributed by atoms with Crippen LogP contribution in [0.4, 0.5) is 26.3 Å². The molecule has 14 heteroatoms. The number of esters is 1. The third-order valence-electron chi connectivity index (χ3n) is 5.18. The Bertz CT molecular complexity index is 946. The van der Waals surface area contributed by atoms with Crippen LogP contribution in [-0.2, 0) is 31.5 Å². The van der Waals surface area contributed by atoms with Crippen molar-refractivity contribution in [2.45, 2.75) is 64.5 Å². The molecule has 0 saturated carbocycles. The van der Waals surface area contributed by atoms with Crippen molar-refractivity contribution in [3.8, 4) is 0 Å². The lowest BCUT2D eigenvalue weighted by molar-refractivity contribution is -0.144. The molecular weight excluding hydrogens is 512 g/mol.